The Morgan fingerprint density at radius 2 is 1.78 bits per heavy atom. The van der Waals surface area contributed by atoms with Crippen molar-refractivity contribution in [3.63, 3.8) is 0 Å². The Kier molecular flexibility index (Phi) is 4.72. The van der Waals surface area contributed by atoms with E-state index in [1.165, 1.54) is 18.2 Å². The maximum Gasteiger partial charge on any atom is 0.416 e. The van der Waals surface area contributed by atoms with Crippen LogP contribution in [0.2, 0.25) is 0 Å². The Morgan fingerprint density at radius 1 is 1.15 bits per heavy atom. The molecule has 0 saturated carbocycles. The fourth-order valence-corrected chi connectivity index (χ4v) is 2.33. The lowest BCUT2D eigenvalue weighted by Gasteiger charge is -2.07. The monoisotopic (exact) mass is 380 g/mol. The molecular weight excluding hydrogens is 369 g/mol. The molecule has 3 rings (SSSR count). The van der Waals surface area contributed by atoms with Gasteiger partial charge in [-0.05, 0) is 36.4 Å². The third-order valence-electron chi connectivity index (χ3n) is 3.61. The molecule has 1 heterocycles. The lowest BCUT2D eigenvalue weighted by Crippen LogP contribution is -2.09. The zero-order valence-electron chi connectivity index (χ0n) is 13.4. The van der Waals surface area contributed by atoms with Gasteiger partial charge < -0.3 is 14.8 Å². The van der Waals surface area contributed by atoms with Crippen molar-refractivity contribution in [3.05, 3.63) is 63.7 Å². The van der Waals surface area contributed by atoms with Gasteiger partial charge in [0.25, 0.3) is 5.69 Å². The van der Waals surface area contributed by atoms with E-state index in [0.29, 0.717) is 5.75 Å². The summed E-state index contributed by atoms with van der Waals surface area (Å²) in [6, 6.07) is 6.44. The molecule has 1 aliphatic heterocycles. The molecule has 0 atom stereocenters. The van der Waals surface area contributed by atoms with Crippen LogP contribution in [0.25, 0.3) is 6.08 Å². The van der Waals surface area contributed by atoms with Gasteiger partial charge in [0, 0.05) is 11.8 Å². The zero-order valence-corrected chi connectivity index (χ0v) is 13.4. The van der Waals surface area contributed by atoms with E-state index in [9.17, 15) is 28.1 Å². The molecule has 0 aliphatic carbocycles. The predicted molar refractivity (Wildman–Crippen MR) is 88.3 cm³/mol. The predicted octanol–water partition coefficient (Wildman–Crippen LogP) is 3.99. The van der Waals surface area contributed by atoms with Crippen LogP contribution in [-0.4, -0.2) is 17.6 Å². The number of nitro benzene ring substituents is 1. The van der Waals surface area contributed by atoms with Crippen molar-refractivity contribution < 1.29 is 32.4 Å². The number of hydrogen-bond acceptors (Lipinski definition) is 5. The van der Waals surface area contributed by atoms with Crippen LogP contribution in [-0.2, 0) is 11.0 Å². The maximum absolute atomic E-state index is 12.5. The van der Waals surface area contributed by atoms with Crippen LogP contribution in [0.5, 0.6) is 11.5 Å². The molecule has 7 nitrogen and oxygen atoms in total. The highest BCUT2D eigenvalue weighted by Crippen LogP contribution is 2.38. The Bertz CT molecular complexity index is 923. The minimum absolute atomic E-state index is 0.0614. The number of halogens is 3. The highest BCUT2D eigenvalue weighted by Gasteiger charge is 2.30. The molecule has 0 fully saturated rings. The number of nitrogens with zero attached hydrogens (tertiary/aromatic N) is 1. The van der Waals surface area contributed by atoms with Crippen molar-refractivity contribution >= 4 is 23.4 Å². The van der Waals surface area contributed by atoms with Crippen LogP contribution in [0.1, 0.15) is 11.1 Å². The average molecular weight is 380 g/mol. The van der Waals surface area contributed by atoms with Gasteiger partial charge >= 0.3 is 6.18 Å². The Morgan fingerprint density at radius 3 is 2.37 bits per heavy atom. The number of amides is 1. The van der Waals surface area contributed by atoms with Crippen LogP contribution in [0.4, 0.5) is 24.5 Å². The van der Waals surface area contributed by atoms with Gasteiger partial charge in [0.2, 0.25) is 12.7 Å². The molecule has 1 aliphatic rings. The third-order valence-corrected chi connectivity index (χ3v) is 3.61. The van der Waals surface area contributed by atoms with Crippen LogP contribution in [0, 0.1) is 10.1 Å². The van der Waals surface area contributed by atoms with Crippen molar-refractivity contribution in [1.29, 1.82) is 0 Å². The van der Waals surface area contributed by atoms with Crippen molar-refractivity contribution in [1.82, 2.24) is 0 Å². The number of alkyl halides is 3. The van der Waals surface area contributed by atoms with Gasteiger partial charge in [-0.1, -0.05) is 0 Å². The smallest absolute Gasteiger partial charge is 0.416 e. The number of nitro groups is 1. The number of nitrogens with one attached hydrogen (secondary N) is 1. The molecule has 0 aromatic heterocycles. The first-order valence-electron chi connectivity index (χ1n) is 7.48. The quantitative estimate of drug-likeness (QED) is 0.492. The molecule has 1 N–H and O–H groups in total. The largest absolute Gasteiger partial charge is 0.454 e. The summed E-state index contributed by atoms with van der Waals surface area (Å²) >= 11 is 0. The van der Waals surface area contributed by atoms with Gasteiger partial charge in [-0.15, -0.1) is 0 Å². The summed E-state index contributed by atoms with van der Waals surface area (Å²) in [6.07, 6.45) is -2.23. The van der Waals surface area contributed by atoms with E-state index in [1.807, 2.05) is 0 Å². The third kappa shape index (κ3) is 4.17. The summed E-state index contributed by atoms with van der Waals surface area (Å²) in [6.45, 7) is -0.0614. The van der Waals surface area contributed by atoms with E-state index >= 15 is 0 Å². The molecule has 0 unspecified atom stereocenters. The number of ether oxygens (including phenoxy) is 2. The minimum atomic E-state index is -4.47. The van der Waals surface area contributed by atoms with E-state index in [2.05, 4.69) is 5.32 Å². The fourth-order valence-electron chi connectivity index (χ4n) is 2.33. The summed E-state index contributed by atoms with van der Waals surface area (Å²) in [5, 5.41) is 13.5. The lowest BCUT2D eigenvalue weighted by molar-refractivity contribution is -0.385. The van der Waals surface area contributed by atoms with E-state index < -0.39 is 22.6 Å². The van der Waals surface area contributed by atoms with Crippen molar-refractivity contribution in [2.45, 2.75) is 6.18 Å². The molecule has 10 heteroatoms. The van der Waals surface area contributed by atoms with E-state index in [4.69, 9.17) is 9.47 Å². The maximum atomic E-state index is 12.5. The highest BCUT2D eigenvalue weighted by atomic mass is 19.4. The van der Waals surface area contributed by atoms with E-state index in [1.54, 1.807) is 0 Å². The summed E-state index contributed by atoms with van der Waals surface area (Å²) in [5.74, 6) is -0.127. The second-order valence-corrected chi connectivity index (χ2v) is 5.42. The number of carbonyl (C=O) groups excluding carboxylic acids is 1. The average Bonchev–Trinajstić information content (AvgIpc) is 3.06. The van der Waals surface area contributed by atoms with Crippen LogP contribution in [0.3, 0.4) is 0 Å². The van der Waals surface area contributed by atoms with E-state index in [-0.39, 0.29) is 29.5 Å². The fraction of sp³-hybridized carbons (Fsp3) is 0.118. The molecule has 2 aromatic rings. The number of carbonyl (C=O) groups is 1. The standard InChI is InChI=1S/C17H11F3N2O5/c18-17(19,20)11-2-4-12(5-3-11)21-16(23)6-1-10-7-14-15(27-9-26-14)8-13(10)22(24)25/h1-8H,9H2,(H,21,23)/b6-1+. The molecular formula is C17H11F3N2O5. The number of hydrogen-bond donors (Lipinski definition) is 1. The summed E-state index contributed by atoms with van der Waals surface area (Å²) in [4.78, 5) is 22.5. The molecule has 1 amide bonds. The van der Waals surface area contributed by atoms with Gasteiger partial charge in [-0.2, -0.15) is 13.2 Å². The number of fused-ring (bicyclic) bond motifs is 1. The topological polar surface area (TPSA) is 90.7 Å². The first-order chi connectivity index (χ1) is 12.7. The summed E-state index contributed by atoms with van der Waals surface area (Å²) in [5.41, 5.74) is -0.852. The Labute approximate surface area is 150 Å². The number of benzene rings is 2. The number of anilines is 1. The first-order valence-corrected chi connectivity index (χ1v) is 7.48. The SMILES string of the molecule is O=C(/C=C/c1cc2c(cc1[N+](=O)[O-])OCO2)Nc1ccc(C(F)(F)F)cc1. The molecule has 27 heavy (non-hydrogen) atoms. The zero-order chi connectivity index (χ0) is 19.6. The Hall–Kier alpha value is -3.56. The molecule has 0 radical (unpaired) electrons. The molecule has 0 spiro atoms. The normalized spacial score (nSPS) is 13.0. The van der Waals surface area contributed by atoms with Gasteiger partial charge in [0.1, 0.15) is 0 Å². The number of rotatable bonds is 4. The second-order valence-electron chi connectivity index (χ2n) is 5.42. The second kappa shape index (κ2) is 6.98. The summed E-state index contributed by atoms with van der Waals surface area (Å²) < 4.78 is 47.8. The van der Waals surface area contributed by atoms with E-state index in [0.717, 1.165) is 30.3 Å². The molecule has 140 valence electrons. The molecule has 2 aromatic carbocycles. The van der Waals surface area contributed by atoms with Gasteiger partial charge in [-0.25, -0.2) is 0 Å². The van der Waals surface area contributed by atoms with Gasteiger partial charge in [0.05, 0.1) is 22.1 Å². The molecule has 0 saturated heterocycles. The Balaban J connectivity index is 1.74. The molecule has 0 bridgehead atoms. The highest BCUT2D eigenvalue weighted by molar-refractivity contribution is 6.02. The van der Waals surface area contributed by atoms with Gasteiger partial charge in [-0.3, -0.25) is 14.9 Å². The van der Waals surface area contributed by atoms with Crippen LogP contribution >= 0.6 is 0 Å². The van der Waals surface area contributed by atoms with Crippen molar-refractivity contribution in [3.8, 4) is 11.5 Å². The van der Waals surface area contributed by atoms with Crippen molar-refractivity contribution in [2.75, 3.05) is 12.1 Å². The van der Waals surface area contributed by atoms with Crippen LogP contribution < -0.4 is 14.8 Å². The van der Waals surface area contributed by atoms with Crippen molar-refractivity contribution in [2.24, 2.45) is 0 Å². The minimum Gasteiger partial charge on any atom is -0.454 e. The van der Waals surface area contributed by atoms with Gasteiger partial charge in [0.15, 0.2) is 11.5 Å². The van der Waals surface area contributed by atoms with Crippen LogP contribution in [0.15, 0.2) is 42.5 Å². The summed E-state index contributed by atoms with van der Waals surface area (Å²) in [7, 11) is 0. The first kappa shape index (κ1) is 18.2. The lowest BCUT2D eigenvalue weighted by atomic mass is 10.1.